The number of hydrogen-bond acceptors (Lipinski definition) is 3. The van der Waals surface area contributed by atoms with E-state index >= 15 is 0 Å². The number of halogens is 3. The molecule has 0 fully saturated rings. The van der Waals surface area contributed by atoms with Crippen molar-refractivity contribution in [1.82, 2.24) is 10.4 Å². The molecule has 1 N–H and O–H groups in total. The van der Waals surface area contributed by atoms with Gasteiger partial charge in [-0.15, -0.1) is 0 Å². The van der Waals surface area contributed by atoms with Gasteiger partial charge in [-0.2, -0.15) is 5.10 Å². The van der Waals surface area contributed by atoms with Gasteiger partial charge in [0.25, 0.3) is 5.91 Å². The zero-order valence-electron chi connectivity index (χ0n) is 15.4. The zero-order chi connectivity index (χ0) is 21.1. The standard InChI is InChI=1S/C23H14Cl2FN3O/c24-19-9-8-15(11-20(19)25)22-12-18(17-6-1-2-7-21(17)28-22)23(30)29-27-13-14-4-3-5-16(26)10-14/h1-13H,(H,29,30)/b27-13+. The van der Waals surface area contributed by atoms with E-state index in [1.54, 1.807) is 36.4 Å². The van der Waals surface area contributed by atoms with Crippen molar-refractivity contribution >= 4 is 46.2 Å². The lowest BCUT2D eigenvalue weighted by Gasteiger charge is -2.09. The summed E-state index contributed by atoms with van der Waals surface area (Å²) in [6.45, 7) is 0. The van der Waals surface area contributed by atoms with Crippen molar-refractivity contribution in [3.63, 3.8) is 0 Å². The number of aromatic nitrogens is 1. The van der Waals surface area contributed by atoms with Gasteiger partial charge in [0.1, 0.15) is 5.82 Å². The monoisotopic (exact) mass is 437 g/mol. The molecule has 1 amide bonds. The fourth-order valence-corrected chi connectivity index (χ4v) is 3.28. The zero-order valence-corrected chi connectivity index (χ0v) is 17.0. The van der Waals surface area contributed by atoms with Crippen LogP contribution < -0.4 is 5.43 Å². The Labute approximate surface area is 182 Å². The van der Waals surface area contributed by atoms with E-state index in [1.165, 1.54) is 18.3 Å². The smallest absolute Gasteiger partial charge is 0.267 e. The van der Waals surface area contributed by atoms with E-state index in [0.29, 0.717) is 37.8 Å². The number of carbonyl (C=O) groups excluding carboxylic acids is 1. The van der Waals surface area contributed by atoms with Crippen molar-refractivity contribution in [1.29, 1.82) is 0 Å². The highest BCUT2D eigenvalue weighted by molar-refractivity contribution is 6.42. The second-order valence-electron chi connectivity index (χ2n) is 6.46. The van der Waals surface area contributed by atoms with Gasteiger partial charge in [-0.05, 0) is 42.0 Å². The normalized spacial score (nSPS) is 11.2. The van der Waals surface area contributed by atoms with Crippen LogP contribution in [0, 0.1) is 5.82 Å². The highest BCUT2D eigenvalue weighted by atomic mass is 35.5. The third-order valence-electron chi connectivity index (χ3n) is 4.40. The molecule has 0 aliphatic rings. The number of fused-ring (bicyclic) bond motifs is 1. The Kier molecular flexibility index (Phi) is 5.74. The minimum atomic E-state index is -0.414. The first-order chi connectivity index (χ1) is 14.5. The molecule has 0 spiro atoms. The molecular weight excluding hydrogens is 424 g/mol. The van der Waals surface area contributed by atoms with Crippen LogP contribution in [-0.2, 0) is 0 Å². The third kappa shape index (κ3) is 4.32. The first kappa shape index (κ1) is 20.0. The molecule has 0 radical (unpaired) electrons. The van der Waals surface area contributed by atoms with Gasteiger partial charge in [0.05, 0.1) is 33.0 Å². The first-order valence-electron chi connectivity index (χ1n) is 8.95. The third-order valence-corrected chi connectivity index (χ3v) is 5.14. The van der Waals surface area contributed by atoms with Gasteiger partial charge in [-0.1, -0.05) is 59.6 Å². The van der Waals surface area contributed by atoms with Crippen LogP contribution in [0.2, 0.25) is 10.0 Å². The molecule has 0 aliphatic heterocycles. The maximum Gasteiger partial charge on any atom is 0.272 e. The molecule has 30 heavy (non-hydrogen) atoms. The Balaban J connectivity index is 1.70. The Morgan fingerprint density at radius 1 is 0.967 bits per heavy atom. The summed E-state index contributed by atoms with van der Waals surface area (Å²) >= 11 is 12.1. The number of nitrogens with one attached hydrogen (secondary N) is 1. The Morgan fingerprint density at radius 2 is 1.80 bits per heavy atom. The largest absolute Gasteiger partial charge is 0.272 e. The van der Waals surface area contributed by atoms with Crippen molar-refractivity contribution in [3.8, 4) is 11.3 Å². The van der Waals surface area contributed by atoms with E-state index in [4.69, 9.17) is 23.2 Å². The summed E-state index contributed by atoms with van der Waals surface area (Å²) in [6, 6.07) is 20.1. The summed E-state index contributed by atoms with van der Waals surface area (Å²) in [5, 5.41) is 5.46. The number of hydrogen-bond donors (Lipinski definition) is 1. The number of carbonyl (C=O) groups is 1. The van der Waals surface area contributed by atoms with Crippen LogP contribution in [0.1, 0.15) is 15.9 Å². The minimum absolute atomic E-state index is 0.378. The lowest BCUT2D eigenvalue weighted by molar-refractivity contribution is 0.0956. The number of benzene rings is 3. The number of pyridine rings is 1. The molecule has 0 saturated carbocycles. The second kappa shape index (κ2) is 8.61. The van der Waals surface area contributed by atoms with Gasteiger partial charge < -0.3 is 0 Å². The van der Waals surface area contributed by atoms with Gasteiger partial charge in [-0.3, -0.25) is 4.79 Å². The number of hydrazone groups is 1. The van der Waals surface area contributed by atoms with Crippen molar-refractivity contribution in [2.24, 2.45) is 5.10 Å². The highest BCUT2D eigenvalue weighted by Crippen LogP contribution is 2.30. The van der Waals surface area contributed by atoms with E-state index in [-0.39, 0.29) is 5.82 Å². The van der Waals surface area contributed by atoms with Crippen LogP contribution in [0.4, 0.5) is 4.39 Å². The SMILES string of the molecule is O=C(N/N=C/c1cccc(F)c1)c1cc(-c2ccc(Cl)c(Cl)c2)nc2ccccc12. The molecule has 7 heteroatoms. The molecule has 4 rings (SSSR count). The van der Waals surface area contributed by atoms with Gasteiger partial charge >= 0.3 is 0 Å². The molecular formula is C23H14Cl2FN3O. The summed E-state index contributed by atoms with van der Waals surface area (Å²) in [4.78, 5) is 17.5. The summed E-state index contributed by atoms with van der Waals surface area (Å²) in [5.41, 5.74) is 5.38. The maximum absolute atomic E-state index is 13.3. The maximum atomic E-state index is 13.3. The quantitative estimate of drug-likeness (QED) is 0.309. The first-order valence-corrected chi connectivity index (χ1v) is 9.71. The average molecular weight is 438 g/mol. The summed E-state index contributed by atoms with van der Waals surface area (Å²) in [5.74, 6) is -0.792. The predicted octanol–water partition coefficient (Wildman–Crippen LogP) is 6.11. The van der Waals surface area contributed by atoms with E-state index in [0.717, 1.165) is 5.56 Å². The predicted molar refractivity (Wildman–Crippen MR) is 119 cm³/mol. The lowest BCUT2D eigenvalue weighted by atomic mass is 10.0. The van der Waals surface area contributed by atoms with Crippen LogP contribution >= 0.6 is 23.2 Å². The van der Waals surface area contributed by atoms with Gasteiger partial charge in [0.2, 0.25) is 0 Å². The Bertz CT molecular complexity index is 1290. The molecule has 1 aromatic heterocycles. The van der Waals surface area contributed by atoms with Crippen LogP contribution in [-0.4, -0.2) is 17.1 Å². The summed E-state index contributed by atoms with van der Waals surface area (Å²) < 4.78 is 13.3. The molecule has 3 aromatic carbocycles. The van der Waals surface area contributed by atoms with Crippen molar-refractivity contribution in [2.75, 3.05) is 0 Å². The molecule has 4 aromatic rings. The van der Waals surface area contributed by atoms with Crippen LogP contribution in [0.3, 0.4) is 0 Å². The number of para-hydroxylation sites is 1. The van der Waals surface area contributed by atoms with Crippen molar-refractivity contribution in [3.05, 3.63) is 99.8 Å². The number of rotatable bonds is 4. The van der Waals surface area contributed by atoms with E-state index in [1.807, 2.05) is 24.3 Å². The van der Waals surface area contributed by atoms with Gasteiger partial charge in [-0.25, -0.2) is 14.8 Å². The molecule has 148 valence electrons. The van der Waals surface area contributed by atoms with Crippen LogP contribution in [0.15, 0.2) is 77.9 Å². The number of amides is 1. The van der Waals surface area contributed by atoms with Crippen molar-refractivity contribution in [2.45, 2.75) is 0 Å². The molecule has 1 heterocycles. The lowest BCUT2D eigenvalue weighted by Crippen LogP contribution is -2.18. The van der Waals surface area contributed by atoms with Crippen molar-refractivity contribution < 1.29 is 9.18 Å². The van der Waals surface area contributed by atoms with Gasteiger partial charge in [0.15, 0.2) is 0 Å². The molecule has 0 aliphatic carbocycles. The second-order valence-corrected chi connectivity index (χ2v) is 7.27. The molecule has 4 nitrogen and oxygen atoms in total. The molecule has 0 bridgehead atoms. The van der Waals surface area contributed by atoms with E-state index < -0.39 is 5.91 Å². The molecule has 0 atom stereocenters. The topological polar surface area (TPSA) is 54.4 Å². The van der Waals surface area contributed by atoms with Crippen LogP contribution in [0.25, 0.3) is 22.2 Å². The fourth-order valence-electron chi connectivity index (χ4n) is 2.98. The minimum Gasteiger partial charge on any atom is -0.267 e. The number of nitrogens with zero attached hydrogens (tertiary/aromatic N) is 2. The Morgan fingerprint density at radius 3 is 2.60 bits per heavy atom. The fraction of sp³-hybridized carbons (Fsp3) is 0. The van der Waals surface area contributed by atoms with E-state index in [2.05, 4.69) is 15.5 Å². The summed E-state index contributed by atoms with van der Waals surface area (Å²) in [7, 11) is 0. The molecule has 0 saturated heterocycles. The molecule has 0 unspecified atom stereocenters. The Hall–Kier alpha value is -3.28. The van der Waals surface area contributed by atoms with E-state index in [9.17, 15) is 9.18 Å². The van der Waals surface area contributed by atoms with Crippen LogP contribution in [0.5, 0.6) is 0 Å². The average Bonchev–Trinajstić information content (AvgIpc) is 2.75. The van der Waals surface area contributed by atoms with Gasteiger partial charge in [0, 0.05) is 10.9 Å². The highest BCUT2D eigenvalue weighted by Gasteiger charge is 2.14. The summed E-state index contributed by atoms with van der Waals surface area (Å²) in [6.07, 6.45) is 1.38.